The van der Waals surface area contributed by atoms with Crippen molar-refractivity contribution < 1.29 is 9.59 Å². The second-order valence-electron chi connectivity index (χ2n) is 3.36. The maximum Gasteiger partial charge on any atom is 0.329 e. The number of nitrogens with one attached hydrogen (secondary N) is 1. The van der Waals surface area contributed by atoms with Crippen molar-refractivity contribution in [1.82, 2.24) is 5.43 Å². The van der Waals surface area contributed by atoms with Crippen LogP contribution in [0.2, 0.25) is 0 Å². The summed E-state index contributed by atoms with van der Waals surface area (Å²) in [5.41, 5.74) is 8.61. The number of nitrogens with zero attached hydrogens (tertiary/aromatic N) is 1. The van der Waals surface area contributed by atoms with Gasteiger partial charge in [-0.2, -0.15) is 5.10 Å². The minimum Gasteiger partial charge on any atom is -0.361 e. The van der Waals surface area contributed by atoms with E-state index in [1.54, 1.807) is 0 Å². The Balaban J connectivity index is 2.58. The van der Waals surface area contributed by atoms with Crippen molar-refractivity contribution in [2.45, 2.75) is 6.92 Å². The first-order chi connectivity index (χ1) is 8.09. The van der Waals surface area contributed by atoms with Crippen LogP contribution in [0.1, 0.15) is 12.5 Å². The van der Waals surface area contributed by atoms with Crippen LogP contribution in [0.5, 0.6) is 0 Å². The first kappa shape index (κ1) is 12.6. The molecule has 3 N–H and O–H groups in total. The molecule has 5 heteroatoms. The third kappa shape index (κ3) is 4.74. The van der Waals surface area contributed by atoms with E-state index in [4.69, 9.17) is 5.73 Å². The molecule has 17 heavy (non-hydrogen) atoms. The van der Waals surface area contributed by atoms with Crippen LogP contribution < -0.4 is 11.2 Å². The second kappa shape index (κ2) is 6.22. The molecular formula is C12H13N3O2. The molecular weight excluding hydrogens is 218 g/mol. The van der Waals surface area contributed by atoms with E-state index >= 15 is 0 Å². The summed E-state index contributed by atoms with van der Waals surface area (Å²) in [6.45, 7) is 1.83. The number of carbonyl (C=O) groups is 2. The number of carbonyl (C=O) groups excluding carboxylic acids is 2. The number of hydrogen-bond acceptors (Lipinski definition) is 3. The van der Waals surface area contributed by atoms with Crippen molar-refractivity contribution >= 4 is 24.1 Å². The van der Waals surface area contributed by atoms with E-state index in [1.165, 1.54) is 6.21 Å². The highest BCUT2D eigenvalue weighted by molar-refractivity contribution is 6.34. The molecule has 0 saturated carbocycles. The van der Waals surface area contributed by atoms with Crippen LogP contribution in [0.4, 0.5) is 0 Å². The van der Waals surface area contributed by atoms with E-state index in [0.717, 1.165) is 11.1 Å². The average molecular weight is 231 g/mol. The van der Waals surface area contributed by atoms with E-state index in [2.05, 4.69) is 5.10 Å². The Morgan fingerprint density at radius 1 is 1.29 bits per heavy atom. The van der Waals surface area contributed by atoms with Gasteiger partial charge in [-0.25, -0.2) is 5.43 Å². The summed E-state index contributed by atoms with van der Waals surface area (Å²) in [6.07, 6.45) is 3.33. The molecule has 0 radical (unpaired) electrons. The number of primary amides is 1. The first-order valence-electron chi connectivity index (χ1n) is 4.96. The molecule has 1 aromatic carbocycles. The quantitative estimate of drug-likeness (QED) is 0.455. The maximum absolute atomic E-state index is 10.8. The Bertz CT molecular complexity index is 464. The molecule has 88 valence electrons. The lowest BCUT2D eigenvalue weighted by Gasteiger charge is -1.95. The number of nitrogens with two attached hydrogens (primary N) is 1. The lowest BCUT2D eigenvalue weighted by molar-refractivity contribution is -0.137. The van der Waals surface area contributed by atoms with Crippen LogP contribution in [0.3, 0.4) is 0 Å². The largest absolute Gasteiger partial charge is 0.361 e. The lowest BCUT2D eigenvalue weighted by atomic mass is 10.1. The monoisotopic (exact) mass is 231 g/mol. The fourth-order valence-electron chi connectivity index (χ4n) is 1.10. The topological polar surface area (TPSA) is 84.6 Å². The molecule has 0 aromatic heterocycles. The van der Waals surface area contributed by atoms with Crippen molar-refractivity contribution in [2.75, 3.05) is 0 Å². The average Bonchev–Trinajstić information content (AvgIpc) is 2.30. The molecule has 0 aliphatic carbocycles. The van der Waals surface area contributed by atoms with Gasteiger partial charge in [0.25, 0.3) is 0 Å². The Labute approximate surface area is 99.0 Å². The van der Waals surface area contributed by atoms with Crippen molar-refractivity contribution in [3.05, 3.63) is 41.5 Å². The van der Waals surface area contributed by atoms with Crippen LogP contribution in [0.25, 0.3) is 6.08 Å². The predicted molar refractivity (Wildman–Crippen MR) is 65.9 cm³/mol. The fourth-order valence-corrected chi connectivity index (χ4v) is 1.10. The third-order valence-electron chi connectivity index (χ3n) is 1.85. The Hall–Kier alpha value is -2.43. The lowest BCUT2D eigenvalue weighted by Crippen LogP contribution is -2.32. The molecule has 2 amide bonds. The first-order valence-corrected chi connectivity index (χ1v) is 4.96. The Kier molecular flexibility index (Phi) is 4.62. The minimum absolute atomic E-state index is 0.834. The zero-order valence-electron chi connectivity index (χ0n) is 9.38. The number of benzene rings is 1. The SMILES string of the molecule is CC(/C=N\NC(=O)C(N)=O)=C\c1ccccc1. The number of hydrogen-bond donors (Lipinski definition) is 2. The highest BCUT2D eigenvalue weighted by Gasteiger charge is 2.04. The molecule has 0 spiro atoms. The zero-order chi connectivity index (χ0) is 12.7. The predicted octanol–water partition coefficient (Wildman–Crippen LogP) is 0.677. The van der Waals surface area contributed by atoms with E-state index < -0.39 is 11.8 Å². The van der Waals surface area contributed by atoms with Crippen LogP contribution in [0, 0.1) is 0 Å². The molecule has 1 rings (SSSR count). The van der Waals surface area contributed by atoms with E-state index in [-0.39, 0.29) is 0 Å². The molecule has 0 atom stereocenters. The Morgan fingerprint density at radius 2 is 1.94 bits per heavy atom. The van der Waals surface area contributed by atoms with Gasteiger partial charge in [0.2, 0.25) is 0 Å². The summed E-state index contributed by atoms with van der Waals surface area (Å²) in [5, 5.41) is 3.59. The molecule has 5 nitrogen and oxygen atoms in total. The summed E-state index contributed by atoms with van der Waals surface area (Å²) < 4.78 is 0. The van der Waals surface area contributed by atoms with E-state index in [0.29, 0.717) is 0 Å². The zero-order valence-corrected chi connectivity index (χ0v) is 9.38. The van der Waals surface area contributed by atoms with Gasteiger partial charge in [0.15, 0.2) is 0 Å². The molecule has 0 unspecified atom stereocenters. The molecule has 0 fully saturated rings. The standard InChI is InChI=1S/C12H13N3O2/c1-9(7-10-5-3-2-4-6-10)8-14-15-12(17)11(13)16/h2-8H,1H3,(H2,13,16)(H,15,17)/b9-7+,14-8-. The molecule has 0 aliphatic rings. The molecule has 0 saturated heterocycles. The van der Waals surface area contributed by atoms with Gasteiger partial charge in [-0.3, -0.25) is 9.59 Å². The van der Waals surface area contributed by atoms with Gasteiger partial charge in [0.05, 0.1) is 6.21 Å². The van der Waals surface area contributed by atoms with Crippen molar-refractivity contribution in [2.24, 2.45) is 10.8 Å². The molecule has 0 aliphatic heterocycles. The van der Waals surface area contributed by atoms with Crippen LogP contribution in [-0.4, -0.2) is 18.0 Å². The highest BCUT2D eigenvalue weighted by Crippen LogP contribution is 2.04. The number of rotatable bonds is 3. The summed E-state index contributed by atoms with van der Waals surface area (Å²) >= 11 is 0. The molecule has 0 bridgehead atoms. The number of amides is 2. The number of allylic oxidation sites excluding steroid dienone is 1. The second-order valence-corrected chi connectivity index (χ2v) is 3.36. The van der Waals surface area contributed by atoms with Gasteiger partial charge in [0.1, 0.15) is 0 Å². The summed E-state index contributed by atoms with van der Waals surface area (Å²) in [6, 6.07) is 9.66. The van der Waals surface area contributed by atoms with Crippen LogP contribution in [-0.2, 0) is 9.59 Å². The summed E-state index contributed by atoms with van der Waals surface area (Å²) in [7, 11) is 0. The Morgan fingerprint density at radius 3 is 2.53 bits per heavy atom. The van der Waals surface area contributed by atoms with Crippen LogP contribution in [0.15, 0.2) is 41.0 Å². The summed E-state index contributed by atoms with van der Waals surface area (Å²) in [5.74, 6) is -2.00. The molecule has 0 heterocycles. The van der Waals surface area contributed by atoms with Crippen LogP contribution >= 0.6 is 0 Å². The molecule has 1 aromatic rings. The highest BCUT2D eigenvalue weighted by atomic mass is 16.2. The van der Waals surface area contributed by atoms with Gasteiger partial charge < -0.3 is 5.73 Å². The van der Waals surface area contributed by atoms with Gasteiger partial charge >= 0.3 is 11.8 Å². The van der Waals surface area contributed by atoms with Crippen molar-refractivity contribution in [3.8, 4) is 0 Å². The van der Waals surface area contributed by atoms with E-state index in [9.17, 15) is 9.59 Å². The summed E-state index contributed by atoms with van der Waals surface area (Å²) in [4.78, 5) is 21.2. The normalized spacial score (nSPS) is 11.5. The van der Waals surface area contributed by atoms with Gasteiger partial charge in [-0.15, -0.1) is 0 Å². The fraction of sp³-hybridized carbons (Fsp3) is 0.0833. The van der Waals surface area contributed by atoms with Gasteiger partial charge in [-0.05, 0) is 18.1 Å². The van der Waals surface area contributed by atoms with Gasteiger partial charge in [0, 0.05) is 0 Å². The smallest absolute Gasteiger partial charge is 0.329 e. The number of hydrazone groups is 1. The van der Waals surface area contributed by atoms with Gasteiger partial charge in [-0.1, -0.05) is 36.4 Å². The third-order valence-corrected chi connectivity index (χ3v) is 1.85. The van der Waals surface area contributed by atoms with E-state index in [1.807, 2.05) is 48.8 Å². The van der Waals surface area contributed by atoms with Crippen molar-refractivity contribution in [1.29, 1.82) is 0 Å². The minimum atomic E-state index is -1.06. The van der Waals surface area contributed by atoms with Crippen molar-refractivity contribution in [3.63, 3.8) is 0 Å². The maximum atomic E-state index is 10.8.